The maximum absolute atomic E-state index is 13.4. The quantitative estimate of drug-likeness (QED) is 0.339. The Labute approximate surface area is 210 Å². The van der Waals surface area contributed by atoms with Gasteiger partial charge in [0.05, 0.1) is 16.7 Å². The van der Waals surface area contributed by atoms with E-state index in [-0.39, 0.29) is 5.91 Å². The van der Waals surface area contributed by atoms with Crippen molar-refractivity contribution in [3.8, 4) is 5.75 Å². The molecule has 0 N–H and O–H groups in total. The number of imidazole rings is 2. The van der Waals surface area contributed by atoms with Gasteiger partial charge in [0.1, 0.15) is 29.5 Å². The van der Waals surface area contributed by atoms with Crippen LogP contribution in [-0.2, 0) is 13.2 Å². The van der Waals surface area contributed by atoms with Crippen molar-refractivity contribution in [2.45, 2.75) is 32.9 Å². The Morgan fingerprint density at radius 1 is 0.944 bits per heavy atom. The molecule has 7 heteroatoms. The van der Waals surface area contributed by atoms with Gasteiger partial charge in [-0.3, -0.25) is 9.20 Å². The lowest BCUT2D eigenvalue weighted by Crippen LogP contribution is -2.40. The van der Waals surface area contributed by atoms with E-state index in [1.807, 2.05) is 77.0 Å². The van der Waals surface area contributed by atoms with Crippen molar-refractivity contribution in [2.75, 3.05) is 13.1 Å². The smallest absolute Gasteiger partial charge is 0.272 e. The second-order valence-corrected chi connectivity index (χ2v) is 9.44. The zero-order valence-corrected chi connectivity index (χ0v) is 20.4. The number of hydrogen-bond donors (Lipinski definition) is 0. The van der Waals surface area contributed by atoms with Crippen LogP contribution in [0.25, 0.3) is 16.7 Å². The molecule has 1 aliphatic rings. The predicted molar refractivity (Wildman–Crippen MR) is 139 cm³/mol. The Kier molecular flexibility index (Phi) is 5.89. The highest BCUT2D eigenvalue weighted by Crippen LogP contribution is 2.26. The number of nitrogens with zero attached hydrogens (tertiary/aromatic N) is 5. The van der Waals surface area contributed by atoms with E-state index in [0.717, 1.165) is 66.4 Å². The number of likely N-dealkylation sites (tertiary alicyclic amines) is 1. The van der Waals surface area contributed by atoms with Gasteiger partial charge in [-0.05, 0) is 62.1 Å². The fraction of sp³-hybridized carbons (Fsp3) is 0.276. The second kappa shape index (κ2) is 9.49. The number of benzene rings is 2. The van der Waals surface area contributed by atoms with Crippen LogP contribution in [0, 0.1) is 12.8 Å². The lowest BCUT2D eigenvalue weighted by molar-refractivity contribution is 0.0674. The first-order chi connectivity index (χ1) is 17.7. The largest absolute Gasteiger partial charge is 0.486 e. The van der Waals surface area contributed by atoms with Crippen LogP contribution in [0.1, 0.15) is 34.8 Å². The summed E-state index contributed by atoms with van der Waals surface area (Å²) in [5, 5.41) is 0. The minimum Gasteiger partial charge on any atom is -0.486 e. The van der Waals surface area contributed by atoms with E-state index in [9.17, 15) is 4.79 Å². The highest BCUT2D eigenvalue weighted by atomic mass is 16.5. The van der Waals surface area contributed by atoms with E-state index < -0.39 is 0 Å². The molecule has 1 saturated heterocycles. The summed E-state index contributed by atoms with van der Waals surface area (Å²) in [6.07, 6.45) is 3.82. The van der Waals surface area contributed by atoms with Gasteiger partial charge in [0.2, 0.25) is 0 Å². The van der Waals surface area contributed by atoms with Crippen LogP contribution in [0.15, 0.2) is 79.0 Å². The number of para-hydroxylation sites is 3. The van der Waals surface area contributed by atoms with Crippen molar-refractivity contribution in [1.29, 1.82) is 0 Å². The summed E-state index contributed by atoms with van der Waals surface area (Å²) in [6, 6.07) is 23.9. The lowest BCUT2D eigenvalue weighted by Gasteiger charge is -2.32. The first-order valence-corrected chi connectivity index (χ1v) is 12.5. The molecule has 0 spiro atoms. The topological polar surface area (TPSA) is 64.7 Å². The number of amides is 1. The van der Waals surface area contributed by atoms with Crippen LogP contribution in [-0.4, -0.2) is 42.8 Å². The molecule has 2 aromatic carbocycles. The molecule has 6 rings (SSSR count). The molecule has 0 saturated carbocycles. The molecule has 3 aromatic heterocycles. The van der Waals surface area contributed by atoms with Crippen molar-refractivity contribution < 1.29 is 9.53 Å². The third-order valence-electron chi connectivity index (χ3n) is 7.09. The number of pyridine rings is 1. The van der Waals surface area contributed by atoms with Gasteiger partial charge in [0.15, 0.2) is 0 Å². The number of fused-ring (bicyclic) bond motifs is 2. The molecular formula is C29H29N5O2. The van der Waals surface area contributed by atoms with Crippen LogP contribution < -0.4 is 4.74 Å². The van der Waals surface area contributed by atoms with Crippen molar-refractivity contribution in [2.24, 2.45) is 5.92 Å². The molecule has 0 bridgehead atoms. The first-order valence-electron chi connectivity index (χ1n) is 12.5. The molecule has 7 nitrogen and oxygen atoms in total. The second-order valence-electron chi connectivity index (χ2n) is 9.44. The van der Waals surface area contributed by atoms with Gasteiger partial charge in [-0.25, -0.2) is 9.97 Å². The Morgan fingerprint density at radius 3 is 2.53 bits per heavy atom. The highest BCUT2D eigenvalue weighted by Gasteiger charge is 2.28. The number of piperidine rings is 1. The Balaban J connectivity index is 1.17. The standard InChI is InChI=1S/C29H29N5O2/c1-21-28(33-16-8-7-13-26(33)30-21)29(35)32-17-14-22(15-18-32)19-34-25-12-6-5-11-24(25)31-27(34)20-36-23-9-3-2-4-10-23/h2-13,16,22H,14-15,17-20H2,1H3. The Hall–Kier alpha value is -4.13. The molecule has 1 amide bonds. The van der Waals surface area contributed by atoms with Gasteiger partial charge in [-0.15, -0.1) is 0 Å². The minimum atomic E-state index is 0.0645. The molecule has 0 atom stereocenters. The number of aromatic nitrogens is 4. The summed E-state index contributed by atoms with van der Waals surface area (Å²) >= 11 is 0. The molecule has 1 fully saturated rings. The fourth-order valence-corrected chi connectivity index (χ4v) is 5.20. The Bertz CT molecular complexity index is 1510. The molecule has 182 valence electrons. The third kappa shape index (κ3) is 4.21. The van der Waals surface area contributed by atoms with Crippen molar-refractivity contribution >= 4 is 22.6 Å². The number of rotatable bonds is 6. The fourth-order valence-electron chi connectivity index (χ4n) is 5.20. The van der Waals surface area contributed by atoms with Crippen LogP contribution in [0.5, 0.6) is 5.75 Å². The van der Waals surface area contributed by atoms with E-state index in [2.05, 4.69) is 27.8 Å². The maximum Gasteiger partial charge on any atom is 0.272 e. The normalized spacial score (nSPS) is 14.5. The van der Waals surface area contributed by atoms with E-state index in [1.165, 1.54) is 0 Å². The minimum absolute atomic E-state index is 0.0645. The summed E-state index contributed by atoms with van der Waals surface area (Å²) < 4.78 is 10.2. The van der Waals surface area contributed by atoms with Crippen LogP contribution in [0.4, 0.5) is 0 Å². The number of aryl methyl sites for hydroxylation is 1. The molecule has 1 aliphatic heterocycles. The number of carbonyl (C=O) groups excluding carboxylic acids is 1. The molecule has 0 aliphatic carbocycles. The van der Waals surface area contributed by atoms with Gasteiger partial charge in [-0.2, -0.15) is 0 Å². The van der Waals surface area contributed by atoms with E-state index >= 15 is 0 Å². The lowest BCUT2D eigenvalue weighted by atomic mass is 9.96. The van der Waals surface area contributed by atoms with Crippen molar-refractivity contribution in [3.05, 3.63) is 96.2 Å². The third-order valence-corrected chi connectivity index (χ3v) is 7.09. The Morgan fingerprint density at radius 2 is 1.69 bits per heavy atom. The number of ether oxygens (including phenoxy) is 1. The average Bonchev–Trinajstić information content (AvgIpc) is 3.44. The zero-order valence-electron chi connectivity index (χ0n) is 20.4. The SMILES string of the molecule is Cc1nc2ccccn2c1C(=O)N1CCC(Cn2c(COc3ccccc3)nc3ccccc32)CC1. The van der Waals surface area contributed by atoms with Crippen LogP contribution in [0.2, 0.25) is 0 Å². The van der Waals surface area contributed by atoms with Gasteiger partial charge >= 0.3 is 0 Å². The highest BCUT2D eigenvalue weighted by molar-refractivity contribution is 5.94. The number of hydrogen-bond acceptors (Lipinski definition) is 4. The summed E-state index contributed by atoms with van der Waals surface area (Å²) in [7, 11) is 0. The maximum atomic E-state index is 13.4. The molecule has 5 aromatic rings. The van der Waals surface area contributed by atoms with Gasteiger partial charge in [0, 0.05) is 25.8 Å². The van der Waals surface area contributed by atoms with Crippen LogP contribution >= 0.6 is 0 Å². The average molecular weight is 480 g/mol. The van der Waals surface area contributed by atoms with Crippen molar-refractivity contribution in [3.63, 3.8) is 0 Å². The summed E-state index contributed by atoms with van der Waals surface area (Å²) in [5.41, 5.74) is 4.38. The van der Waals surface area contributed by atoms with Crippen molar-refractivity contribution in [1.82, 2.24) is 23.8 Å². The first kappa shape index (κ1) is 22.3. The van der Waals surface area contributed by atoms with E-state index in [4.69, 9.17) is 9.72 Å². The van der Waals surface area contributed by atoms with Crippen LogP contribution in [0.3, 0.4) is 0 Å². The van der Waals surface area contributed by atoms with Gasteiger partial charge < -0.3 is 14.2 Å². The zero-order chi connectivity index (χ0) is 24.5. The van der Waals surface area contributed by atoms with E-state index in [0.29, 0.717) is 18.2 Å². The van der Waals surface area contributed by atoms with Gasteiger partial charge in [0.25, 0.3) is 5.91 Å². The predicted octanol–water partition coefficient (Wildman–Crippen LogP) is 5.12. The summed E-state index contributed by atoms with van der Waals surface area (Å²) in [4.78, 5) is 24.8. The molecule has 0 radical (unpaired) electrons. The summed E-state index contributed by atoms with van der Waals surface area (Å²) in [6.45, 7) is 4.68. The summed E-state index contributed by atoms with van der Waals surface area (Å²) in [5.74, 6) is 2.30. The molecule has 0 unspecified atom stereocenters. The molecular weight excluding hydrogens is 450 g/mol. The van der Waals surface area contributed by atoms with Gasteiger partial charge in [-0.1, -0.05) is 36.4 Å². The number of carbonyl (C=O) groups is 1. The monoisotopic (exact) mass is 479 g/mol. The molecule has 4 heterocycles. The van der Waals surface area contributed by atoms with E-state index in [1.54, 1.807) is 0 Å². The molecule has 36 heavy (non-hydrogen) atoms.